The predicted molar refractivity (Wildman–Crippen MR) is 149 cm³/mol. The van der Waals surface area contributed by atoms with E-state index in [2.05, 4.69) is 51.0 Å². The molecule has 1 aliphatic carbocycles. The molecule has 2 N–H and O–H groups in total. The summed E-state index contributed by atoms with van der Waals surface area (Å²) >= 11 is 0. The van der Waals surface area contributed by atoms with Crippen LogP contribution in [0.4, 0.5) is 17.2 Å². The molecule has 2 heterocycles. The van der Waals surface area contributed by atoms with Crippen molar-refractivity contribution >= 4 is 34.0 Å². The number of para-hydroxylation sites is 1. The van der Waals surface area contributed by atoms with E-state index in [1.54, 1.807) is 0 Å². The molecule has 3 atom stereocenters. The van der Waals surface area contributed by atoms with E-state index in [0.29, 0.717) is 29.3 Å². The Hall–Kier alpha value is -4.67. The highest BCUT2D eigenvalue weighted by molar-refractivity contribution is 6.03. The van der Waals surface area contributed by atoms with Crippen LogP contribution in [0.25, 0.3) is 10.9 Å². The second-order valence-electron chi connectivity index (χ2n) is 9.74. The first-order valence-corrected chi connectivity index (χ1v) is 12.6. The molecule has 38 heavy (non-hydrogen) atoms. The molecule has 1 aliphatic heterocycles. The Morgan fingerprint density at radius 3 is 2.53 bits per heavy atom. The molecular weight excluding hydrogens is 474 g/mol. The van der Waals surface area contributed by atoms with Crippen LogP contribution in [0.15, 0.2) is 85.7 Å². The smallest absolute Gasteiger partial charge is 0.247 e. The maximum atomic E-state index is 12.2. The third kappa shape index (κ3) is 4.95. The molecule has 2 fully saturated rings. The minimum Gasteiger partial charge on any atom is -0.457 e. The van der Waals surface area contributed by atoms with Crippen LogP contribution >= 0.6 is 0 Å². The summed E-state index contributed by atoms with van der Waals surface area (Å²) in [6.07, 6.45) is 2.78. The maximum absolute atomic E-state index is 12.2. The molecule has 1 amide bonds. The van der Waals surface area contributed by atoms with E-state index in [1.165, 1.54) is 12.4 Å². The fraction of sp³-hybridized carbons (Fsp3) is 0.194. The number of nitrogens with one attached hydrogen (secondary N) is 2. The molecule has 1 saturated carbocycles. The van der Waals surface area contributed by atoms with Gasteiger partial charge in [0.15, 0.2) is 0 Å². The lowest BCUT2D eigenvalue weighted by atomic mass is 10.1. The minimum absolute atomic E-state index is 0.294. The Morgan fingerprint density at radius 1 is 1.05 bits per heavy atom. The number of piperidine rings is 1. The zero-order valence-corrected chi connectivity index (χ0v) is 21.0. The van der Waals surface area contributed by atoms with Gasteiger partial charge in [-0.25, -0.2) is 9.97 Å². The van der Waals surface area contributed by atoms with Crippen molar-refractivity contribution in [2.24, 2.45) is 17.8 Å². The van der Waals surface area contributed by atoms with Gasteiger partial charge in [-0.2, -0.15) is 0 Å². The first kappa shape index (κ1) is 23.7. The minimum atomic E-state index is -0.294. The van der Waals surface area contributed by atoms with Crippen molar-refractivity contribution in [2.75, 3.05) is 30.8 Å². The first-order chi connectivity index (χ1) is 18.6. The van der Waals surface area contributed by atoms with Crippen molar-refractivity contribution in [3.05, 3.63) is 91.3 Å². The average molecular weight is 502 g/mol. The number of nitrogens with zero attached hydrogens (tertiary/aromatic N) is 3. The molecule has 1 saturated heterocycles. The SMILES string of the molecule is C=CC(=O)Nc1cc2c(Nc3ccc(Oc4ccccc4)cc3)ncnc2cc1C#CC1[C@H]2CN(C)C[C@@H]12. The number of anilines is 3. The van der Waals surface area contributed by atoms with Crippen LogP contribution in [0.3, 0.4) is 0 Å². The Bertz CT molecular complexity index is 1560. The Kier molecular flexibility index (Phi) is 6.24. The van der Waals surface area contributed by atoms with E-state index >= 15 is 0 Å². The summed E-state index contributed by atoms with van der Waals surface area (Å²) in [5, 5.41) is 7.04. The van der Waals surface area contributed by atoms with E-state index in [1.807, 2.05) is 66.7 Å². The summed E-state index contributed by atoms with van der Waals surface area (Å²) in [5.74, 6) is 10.3. The highest BCUT2D eigenvalue weighted by Crippen LogP contribution is 2.50. The lowest BCUT2D eigenvalue weighted by Gasteiger charge is -2.12. The lowest BCUT2D eigenvalue weighted by Crippen LogP contribution is -2.18. The van der Waals surface area contributed by atoms with Gasteiger partial charge in [0.1, 0.15) is 23.6 Å². The highest BCUT2D eigenvalue weighted by atomic mass is 16.5. The van der Waals surface area contributed by atoms with Crippen LogP contribution in [-0.2, 0) is 4.79 Å². The van der Waals surface area contributed by atoms with Crippen LogP contribution in [-0.4, -0.2) is 40.9 Å². The number of benzene rings is 3. The van der Waals surface area contributed by atoms with Gasteiger partial charge in [0.2, 0.25) is 5.91 Å². The standard InChI is InChI=1S/C31H27N5O2/c1-3-30(37)35-28-16-25-29(15-20(28)9-14-24-26-17-36(2)18-27(24)26)32-19-33-31(25)34-21-10-12-23(13-11-21)38-22-7-5-4-6-8-22/h3-8,10-13,15-16,19,24,26-27H,1,17-18H2,2H3,(H,35,37)(H,32,33,34)/t24?,26-,27+. The van der Waals surface area contributed by atoms with Crippen molar-refractivity contribution in [2.45, 2.75) is 0 Å². The van der Waals surface area contributed by atoms with E-state index in [9.17, 15) is 4.79 Å². The van der Waals surface area contributed by atoms with Gasteiger partial charge in [0.25, 0.3) is 0 Å². The quantitative estimate of drug-likeness (QED) is 0.270. The summed E-state index contributed by atoms with van der Waals surface area (Å²) < 4.78 is 5.89. The third-order valence-corrected chi connectivity index (χ3v) is 7.06. The largest absolute Gasteiger partial charge is 0.457 e. The monoisotopic (exact) mass is 501 g/mol. The molecule has 0 spiro atoms. The first-order valence-electron chi connectivity index (χ1n) is 12.6. The maximum Gasteiger partial charge on any atom is 0.247 e. The van der Waals surface area contributed by atoms with Gasteiger partial charge in [0, 0.05) is 30.1 Å². The number of fused-ring (bicyclic) bond motifs is 2. The number of hydrogen-bond acceptors (Lipinski definition) is 6. The molecule has 6 rings (SSSR count). The van der Waals surface area contributed by atoms with Gasteiger partial charge < -0.3 is 20.3 Å². The second-order valence-corrected chi connectivity index (χ2v) is 9.74. The number of likely N-dealkylation sites (tertiary alicyclic amines) is 1. The Balaban J connectivity index is 1.27. The normalized spacial score (nSPS) is 19.7. The third-order valence-electron chi connectivity index (χ3n) is 7.06. The summed E-state index contributed by atoms with van der Waals surface area (Å²) in [5.41, 5.74) is 2.93. The molecule has 0 bridgehead atoms. The number of ether oxygens (including phenoxy) is 1. The van der Waals surface area contributed by atoms with Crippen LogP contribution in [0.5, 0.6) is 11.5 Å². The van der Waals surface area contributed by atoms with Crippen molar-refractivity contribution < 1.29 is 9.53 Å². The predicted octanol–water partition coefficient (Wildman–Crippen LogP) is 5.45. The number of carbonyl (C=O) groups is 1. The summed E-state index contributed by atoms with van der Waals surface area (Å²) in [6, 6.07) is 21.1. The summed E-state index contributed by atoms with van der Waals surface area (Å²) in [6.45, 7) is 5.79. The van der Waals surface area contributed by atoms with E-state index < -0.39 is 0 Å². The molecule has 4 aromatic rings. The summed E-state index contributed by atoms with van der Waals surface area (Å²) in [4.78, 5) is 23.5. The average Bonchev–Trinajstić information content (AvgIpc) is 3.40. The second kappa shape index (κ2) is 10.0. The van der Waals surface area contributed by atoms with Crippen LogP contribution in [0, 0.1) is 29.6 Å². The molecule has 0 radical (unpaired) electrons. The number of rotatable bonds is 6. The molecule has 188 valence electrons. The topological polar surface area (TPSA) is 79.4 Å². The molecule has 7 heteroatoms. The van der Waals surface area contributed by atoms with Gasteiger partial charge in [-0.1, -0.05) is 36.6 Å². The zero-order valence-electron chi connectivity index (χ0n) is 21.0. The number of hydrogen-bond donors (Lipinski definition) is 2. The number of aromatic nitrogens is 2. The highest BCUT2D eigenvalue weighted by Gasteiger charge is 2.53. The van der Waals surface area contributed by atoms with Crippen LogP contribution in [0.2, 0.25) is 0 Å². The lowest BCUT2D eigenvalue weighted by molar-refractivity contribution is -0.111. The fourth-order valence-corrected chi connectivity index (χ4v) is 5.07. The molecular formula is C31H27N5O2. The molecule has 7 nitrogen and oxygen atoms in total. The van der Waals surface area contributed by atoms with Gasteiger partial charge in [0.05, 0.1) is 16.8 Å². The van der Waals surface area contributed by atoms with Crippen LogP contribution < -0.4 is 15.4 Å². The van der Waals surface area contributed by atoms with Crippen molar-refractivity contribution in [1.82, 2.24) is 14.9 Å². The van der Waals surface area contributed by atoms with Crippen molar-refractivity contribution in [3.8, 4) is 23.3 Å². The van der Waals surface area contributed by atoms with Crippen molar-refractivity contribution in [3.63, 3.8) is 0 Å². The van der Waals surface area contributed by atoms with E-state index in [-0.39, 0.29) is 5.91 Å². The van der Waals surface area contributed by atoms with Gasteiger partial charge in [-0.15, -0.1) is 0 Å². The fourth-order valence-electron chi connectivity index (χ4n) is 5.07. The van der Waals surface area contributed by atoms with Crippen molar-refractivity contribution in [1.29, 1.82) is 0 Å². The summed E-state index contributed by atoms with van der Waals surface area (Å²) in [7, 11) is 2.15. The molecule has 1 aromatic heterocycles. The van der Waals surface area contributed by atoms with E-state index in [0.717, 1.165) is 46.7 Å². The van der Waals surface area contributed by atoms with E-state index in [4.69, 9.17) is 4.74 Å². The van der Waals surface area contributed by atoms with Gasteiger partial charge >= 0.3 is 0 Å². The number of amides is 1. The molecule has 2 aliphatic rings. The van der Waals surface area contributed by atoms with Crippen LogP contribution in [0.1, 0.15) is 5.56 Å². The van der Waals surface area contributed by atoms with Gasteiger partial charge in [-0.05, 0) is 73.5 Å². The van der Waals surface area contributed by atoms with Gasteiger partial charge in [-0.3, -0.25) is 4.79 Å². The Morgan fingerprint density at radius 2 is 1.79 bits per heavy atom. The molecule has 1 unspecified atom stereocenters. The Labute approximate surface area is 221 Å². The zero-order chi connectivity index (χ0) is 26.1. The molecule has 3 aromatic carbocycles. The number of carbonyl (C=O) groups excluding carboxylic acids is 1.